The van der Waals surface area contributed by atoms with Crippen molar-refractivity contribution >= 4 is 17.7 Å². The fraction of sp³-hybridized carbons (Fsp3) is 0.148. The molecule has 2 N–H and O–H groups in total. The van der Waals surface area contributed by atoms with Gasteiger partial charge in [-0.3, -0.25) is 9.36 Å². The van der Waals surface area contributed by atoms with Crippen LogP contribution in [0.15, 0.2) is 83.7 Å². The number of para-hydroxylation sites is 1. The predicted octanol–water partition coefficient (Wildman–Crippen LogP) is 6.78. The number of halogens is 3. The number of nitrogens with zero attached hydrogens (tertiary/aromatic N) is 2. The van der Waals surface area contributed by atoms with Crippen molar-refractivity contribution < 1.29 is 13.2 Å². The van der Waals surface area contributed by atoms with Crippen LogP contribution in [-0.2, 0) is 6.18 Å². The number of hydrogen-bond acceptors (Lipinski definition) is 4. The molecule has 4 aromatic rings. The summed E-state index contributed by atoms with van der Waals surface area (Å²) in [6.45, 7) is 4.10. The van der Waals surface area contributed by atoms with Gasteiger partial charge in [-0.05, 0) is 41.8 Å². The van der Waals surface area contributed by atoms with Crippen molar-refractivity contribution in [3.63, 3.8) is 0 Å². The quantitative estimate of drug-likeness (QED) is 0.301. The molecule has 0 fully saturated rings. The van der Waals surface area contributed by atoms with E-state index in [9.17, 15) is 18.0 Å². The maximum absolute atomic E-state index is 13.6. The van der Waals surface area contributed by atoms with E-state index in [2.05, 4.69) is 10.3 Å². The highest BCUT2D eigenvalue weighted by atomic mass is 19.4. The average Bonchev–Trinajstić information content (AvgIpc) is 2.84. The van der Waals surface area contributed by atoms with Crippen molar-refractivity contribution in [2.45, 2.75) is 25.9 Å². The van der Waals surface area contributed by atoms with E-state index in [4.69, 9.17) is 5.41 Å². The largest absolute Gasteiger partial charge is 0.416 e. The molecular weight excluding hydrogens is 453 g/mol. The molecule has 0 aliphatic heterocycles. The van der Waals surface area contributed by atoms with Crippen LogP contribution in [0.5, 0.6) is 0 Å². The Morgan fingerprint density at radius 2 is 1.66 bits per heavy atom. The molecule has 1 aromatic heterocycles. The number of aromatic nitrogens is 2. The fourth-order valence-corrected chi connectivity index (χ4v) is 3.69. The summed E-state index contributed by atoms with van der Waals surface area (Å²) in [7, 11) is 0. The normalized spacial score (nSPS) is 11.5. The van der Waals surface area contributed by atoms with Gasteiger partial charge in [0.15, 0.2) is 0 Å². The van der Waals surface area contributed by atoms with Crippen LogP contribution in [0.3, 0.4) is 0 Å². The molecule has 178 valence electrons. The highest BCUT2D eigenvalue weighted by Gasteiger charge is 2.31. The molecule has 0 saturated heterocycles. The Balaban J connectivity index is 1.99. The smallest absolute Gasteiger partial charge is 0.339 e. The summed E-state index contributed by atoms with van der Waals surface area (Å²) in [5.74, 6) is 0.578. The van der Waals surface area contributed by atoms with E-state index in [1.54, 1.807) is 24.3 Å². The van der Waals surface area contributed by atoms with Crippen molar-refractivity contribution in [3.05, 3.63) is 106 Å². The Morgan fingerprint density at radius 1 is 0.971 bits per heavy atom. The van der Waals surface area contributed by atoms with Gasteiger partial charge in [0.2, 0.25) is 0 Å². The molecule has 4 rings (SSSR count). The maximum Gasteiger partial charge on any atom is 0.416 e. The molecule has 0 spiro atoms. The van der Waals surface area contributed by atoms with Crippen LogP contribution in [0, 0.1) is 5.41 Å². The third-order valence-corrected chi connectivity index (χ3v) is 5.57. The van der Waals surface area contributed by atoms with Gasteiger partial charge in [-0.2, -0.15) is 13.2 Å². The molecule has 0 aliphatic rings. The van der Waals surface area contributed by atoms with Crippen LogP contribution >= 0.6 is 0 Å². The highest BCUT2D eigenvalue weighted by molar-refractivity contribution is 5.86. The van der Waals surface area contributed by atoms with E-state index in [0.29, 0.717) is 11.3 Å². The van der Waals surface area contributed by atoms with Crippen LogP contribution in [0.1, 0.15) is 36.5 Å². The maximum atomic E-state index is 13.6. The Bertz CT molecular complexity index is 1410. The zero-order chi connectivity index (χ0) is 25.2. The molecule has 0 amide bonds. The molecular formula is C27H23F3N4O. The molecule has 0 saturated carbocycles. The number of anilines is 2. The van der Waals surface area contributed by atoms with E-state index in [-0.39, 0.29) is 28.8 Å². The molecule has 0 bridgehead atoms. The summed E-state index contributed by atoms with van der Waals surface area (Å²) in [6.07, 6.45) is -3.72. The van der Waals surface area contributed by atoms with Gasteiger partial charge >= 0.3 is 6.18 Å². The van der Waals surface area contributed by atoms with Crippen molar-refractivity contribution in [3.8, 4) is 17.1 Å². The van der Waals surface area contributed by atoms with Gasteiger partial charge in [-0.25, -0.2) is 4.98 Å². The molecule has 1 heterocycles. The standard InChI is InChI=1S/C27H23F3N4O/c1-17(2)18-11-13-19(14-12-18)25-33-24(32-21-8-4-3-5-9-21)23(16-31)26(35)34(25)22-10-6-7-20(15-22)27(28,29)30/h3-17,31-32H,1-2H3. The summed E-state index contributed by atoms with van der Waals surface area (Å²) < 4.78 is 41.4. The monoisotopic (exact) mass is 476 g/mol. The molecule has 0 aliphatic carbocycles. The van der Waals surface area contributed by atoms with E-state index < -0.39 is 17.3 Å². The van der Waals surface area contributed by atoms with Crippen molar-refractivity contribution in [2.24, 2.45) is 0 Å². The van der Waals surface area contributed by atoms with Crippen molar-refractivity contribution in [1.29, 1.82) is 5.41 Å². The molecule has 0 atom stereocenters. The van der Waals surface area contributed by atoms with Gasteiger partial charge in [0.25, 0.3) is 5.56 Å². The lowest BCUT2D eigenvalue weighted by molar-refractivity contribution is -0.137. The van der Waals surface area contributed by atoms with Gasteiger partial charge < -0.3 is 10.7 Å². The molecule has 5 nitrogen and oxygen atoms in total. The third kappa shape index (κ3) is 5.01. The van der Waals surface area contributed by atoms with E-state index in [0.717, 1.165) is 28.5 Å². The van der Waals surface area contributed by atoms with Crippen LogP contribution in [0.25, 0.3) is 17.1 Å². The number of nitrogens with one attached hydrogen (secondary N) is 2. The first-order valence-electron chi connectivity index (χ1n) is 11.0. The first kappa shape index (κ1) is 23.9. The summed E-state index contributed by atoms with van der Waals surface area (Å²) in [5.41, 5.74) is 0.669. The predicted molar refractivity (Wildman–Crippen MR) is 132 cm³/mol. The lowest BCUT2D eigenvalue weighted by atomic mass is 10.0. The number of benzene rings is 3. The zero-order valence-corrected chi connectivity index (χ0v) is 19.1. The molecule has 8 heteroatoms. The van der Waals surface area contributed by atoms with Crippen LogP contribution in [0.4, 0.5) is 24.7 Å². The summed E-state index contributed by atoms with van der Waals surface area (Å²) in [6, 6.07) is 20.9. The third-order valence-electron chi connectivity index (χ3n) is 5.57. The lowest BCUT2D eigenvalue weighted by Crippen LogP contribution is -2.27. The van der Waals surface area contributed by atoms with Gasteiger partial charge in [-0.1, -0.05) is 62.4 Å². The number of hydrogen-bond donors (Lipinski definition) is 2. The first-order chi connectivity index (χ1) is 16.7. The summed E-state index contributed by atoms with van der Waals surface area (Å²) >= 11 is 0. The Morgan fingerprint density at radius 3 is 2.26 bits per heavy atom. The fourth-order valence-electron chi connectivity index (χ4n) is 3.69. The van der Waals surface area contributed by atoms with Crippen LogP contribution in [-0.4, -0.2) is 15.8 Å². The molecule has 0 radical (unpaired) electrons. The van der Waals surface area contributed by atoms with Crippen molar-refractivity contribution in [2.75, 3.05) is 5.32 Å². The minimum atomic E-state index is -4.58. The van der Waals surface area contributed by atoms with E-state index in [1.807, 2.05) is 44.2 Å². The first-order valence-corrected chi connectivity index (χ1v) is 11.0. The second kappa shape index (κ2) is 9.58. The van der Waals surface area contributed by atoms with Gasteiger partial charge in [0, 0.05) is 17.5 Å². The molecule has 35 heavy (non-hydrogen) atoms. The number of rotatable bonds is 6. The van der Waals surface area contributed by atoms with Gasteiger partial charge in [0.1, 0.15) is 17.2 Å². The minimum absolute atomic E-state index is 0.00891. The summed E-state index contributed by atoms with van der Waals surface area (Å²) in [5, 5.41) is 10.9. The van der Waals surface area contributed by atoms with Gasteiger partial charge in [-0.15, -0.1) is 0 Å². The van der Waals surface area contributed by atoms with E-state index in [1.165, 1.54) is 12.1 Å². The molecule has 0 unspecified atom stereocenters. The number of alkyl halides is 3. The van der Waals surface area contributed by atoms with Gasteiger partial charge in [0.05, 0.1) is 11.3 Å². The van der Waals surface area contributed by atoms with Crippen LogP contribution in [0.2, 0.25) is 0 Å². The summed E-state index contributed by atoms with van der Waals surface area (Å²) in [4.78, 5) is 18.2. The Hall–Kier alpha value is -4.20. The Kier molecular flexibility index (Phi) is 6.55. The highest BCUT2D eigenvalue weighted by Crippen LogP contribution is 2.32. The van der Waals surface area contributed by atoms with E-state index >= 15 is 0 Å². The van der Waals surface area contributed by atoms with Crippen molar-refractivity contribution in [1.82, 2.24) is 9.55 Å². The second-order valence-electron chi connectivity index (χ2n) is 8.30. The van der Waals surface area contributed by atoms with Crippen LogP contribution < -0.4 is 10.9 Å². The Labute approximate surface area is 200 Å². The SMILES string of the molecule is CC(C)c1ccc(-c2nc(Nc3ccccc3)c(C=N)c(=O)n2-c2cccc(C(F)(F)F)c2)cc1. The molecule has 3 aromatic carbocycles. The second-order valence-corrected chi connectivity index (χ2v) is 8.30. The zero-order valence-electron chi connectivity index (χ0n) is 19.1. The topological polar surface area (TPSA) is 70.8 Å². The lowest BCUT2D eigenvalue weighted by Gasteiger charge is -2.18. The minimum Gasteiger partial charge on any atom is -0.339 e. The average molecular weight is 477 g/mol.